The summed E-state index contributed by atoms with van der Waals surface area (Å²) in [6, 6.07) is 4.63. The number of carbonyl (C=O) groups excluding carboxylic acids is 4. The van der Waals surface area contributed by atoms with Gasteiger partial charge >= 0.3 is 0 Å². The first-order valence-electron chi connectivity index (χ1n) is 15.2. The molecule has 3 atom stereocenters. The number of hydrogen-bond donors (Lipinski definition) is 4. The molecule has 10 heteroatoms. The zero-order chi connectivity index (χ0) is 29.8. The van der Waals surface area contributed by atoms with Crippen molar-refractivity contribution in [1.82, 2.24) is 26.2 Å². The minimum atomic E-state index is -1.10. The molecule has 0 bridgehead atoms. The molecule has 10 nitrogen and oxygen atoms in total. The number of unbranched alkanes of at least 4 members (excludes halogenated alkanes) is 1. The minimum absolute atomic E-state index is 0.149. The van der Waals surface area contributed by atoms with E-state index in [1.54, 1.807) is 24.3 Å². The highest BCUT2D eigenvalue weighted by Crippen LogP contribution is 2.20. The fourth-order valence-corrected chi connectivity index (χ4v) is 5.40. The molecule has 2 aliphatic heterocycles. The van der Waals surface area contributed by atoms with Crippen LogP contribution in [0.2, 0.25) is 0 Å². The summed E-state index contributed by atoms with van der Waals surface area (Å²) in [6.07, 6.45) is 5.08. The first-order chi connectivity index (χ1) is 19.6. The van der Waals surface area contributed by atoms with Gasteiger partial charge in [-0.3, -0.25) is 19.2 Å². The molecule has 41 heavy (non-hydrogen) atoms. The lowest BCUT2D eigenvalue weighted by molar-refractivity contribution is -0.131. The third-order valence-corrected chi connectivity index (χ3v) is 7.44. The summed E-state index contributed by atoms with van der Waals surface area (Å²) in [7, 11) is 0. The van der Waals surface area contributed by atoms with E-state index in [1.165, 1.54) is 12.8 Å². The van der Waals surface area contributed by atoms with Gasteiger partial charge in [0.05, 0.1) is 18.0 Å². The predicted molar refractivity (Wildman–Crippen MR) is 158 cm³/mol. The van der Waals surface area contributed by atoms with Crippen LogP contribution in [0.3, 0.4) is 0 Å². The van der Waals surface area contributed by atoms with E-state index in [9.17, 15) is 19.2 Å². The fraction of sp³-hybridized carbons (Fsp3) is 0.677. The van der Waals surface area contributed by atoms with Crippen molar-refractivity contribution in [2.24, 2.45) is 11.8 Å². The fourth-order valence-electron chi connectivity index (χ4n) is 5.40. The molecule has 0 aromatic heterocycles. The minimum Gasteiger partial charge on any atom is -0.491 e. The van der Waals surface area contributed by atoms with Crippen LogP contribution in [0, 0.1) is 11.8 Å². The van der Waals surface area contributed by atoms with Crippen LogP contribution in [0.25, 0.3) is 0 Å². The third kappa shape index (κ3) is 11.0. The summed E-state index contributed by atoms with van der Waals surface area (Å²) in [5.74, 6) is -0.883. The second-order valence-corrected chi connectivity index (χ2v) is 12.2. The van der Waals surface area contributed by atoms with Gasteiger partial charge in [-0.05, 0) is 82.1 Å². The Morgan fingerprint density at radius 3 is 2.39 bits per heavy atom. The van der Waals surface area contributed by atoms with Gasteiger partial charge in [-0.15, -0.1) is 0 Å². The van der Waals surface area contributed by atoms with Gasteiger partial charge in [0.15, 0.2) is 0 Å². The number of rotatable bonds is 10. The van der Waals surface area contributed by atoms with E-state index in [2.05, 4.69) is 40.0 Å². The number of amides is 4. The molecule has 4 N–H and O–H groups in total. The number of carbonyl (C=O) groups is 4. The SMILES string of the molecule is CC(C)C[C@@H]1COc2ccccc2C(=O)N[C@H](C(=O)NCCCCN2CCCC2)CC(=O)N[C@H](CC(C)C)C(=O)N1. The molecular weight excluding hydrogens is 522 g/mol. The van der Waals surface area contributed by atoms with E-state index in [4.69, 9.17) is 4.74 Å². The smallest absolute Gasteiger partial charge is 0.255 e. The highest BCUT2D eigenvalue weighted by molar-refractivity contribution is 6.01. The van der Waals surface area contributed by atoms with Crippen LogP contribution in [0.5, 0.6) is 5.75 Å². The molecule has 4 amide bonds. The van der Waals surface area contributed by atoms with Crippen LogP contribution in [-0.4, -0.2) is 79.4 Å². The molecule has 2 heterocycles. The molecule has 1 aromatic rings. The molecule has 0 aliphatic carbocycles. The zero-order valence-electron chi connectivity index (χ0n) is 25.2. The Morgan fingerprint density at radius 2 is 1.68 bits per heavy atom. The molecular formula is C31H49N5O5. The highest BCUT2D eigenvalue weighted by atomic mass is 16.5. The Bertz CT molecular complexity index is 1020. The van der Waals surface area contributed by atoms with Crippen LogP contribution in [0.4, 0.5) is 0 Å². The molecule has 2 aliphatic rings. The average Bonchev–Trinajstić information content (AvgIpc) is 3.43. The summed E-state index contributed by atoms with van der Waals surface area (Å²) >= 11 is 0. The largest absolute Gasteiger partial charge is 0.491 e. The lowest BCUT2D eigenvalue weighted by atomic mass is 10.00. The molecule has 1 aromatic carbocycles. The summed E-state index contributed by atoms with van der Waals surface area (Å²) in [6.45, 7) is 12.0. The molecule has 3 rings (SSSR count). The van der Waals surface area contributed by atoms with Gasteiger partial charge in [-0.25, -0.2) is 0 Å². The van der Waals surface area contributed by atoms with E-state index in [0.29, 0.717) is 31.1 Å². The van der Waals surface area contributed by atoms with Crippen molar-refractivity contribution in [3.63, 3.8) is 0 Å². The Labute approximate surface area is 244 Å². The van der Waals surface area contributed by atoms with Crippen LogP contribution >= 0.6 is 0 Å². The van der Waals surface area contributed by atoms with E-state index in [0.717, 1.165) is 32.5 Å². The van der Waals surface area contributed by atoms with E-state index in [-0.39, 0.29) is 36.5 Å². The Morgan fingerprint density at radius 1 is 0.976 bits per heavy atom. The maximum Gasteiger partial charge on any atom is 0.255 e. The molecule has 0 spiro atoms. The van der Waals surface area contributed by atoms with Crippen LogP contribution in [0.15, 0.2) is 24.3 Å². The predicted octanol–water partition coefficient (Wildman–Crippen LogP) is 2.62. The van der Waals surface area contributed by atoms with Crippen molar-refractivity contribution in [2.45, 2.75) is 90.8 Å². The molecule has 228 valence electrons. The Balaban J connectivity index is 1.77. The van der Waals surface area contributed by atoms with Gasteiger partial charge in [0.1, 0.15) is 24.4 Å². The van der Waals surface area contributed by atoms with Crippen LogP contribution < -0.4 is 26.0 Å². The van der Waals surface area contributed by atoms with E-state index < -0.39 is 29.8 Å². The zero-order valence-corrected chi connectivity index (χ0v) is 25.2. The first-order valence-corrected chi connectivity index (χ1v) is 15.2. The van der Waals surface area contributed by atoms with Crippen LogP contribution in [-0.2, 0) is 14.4 Å². The maximum atomic E-state index is 13.4. The second-order valence-electron chi connectivity index (χ2n) is 12.2. The number of ether oxygens (including phenoxy) is 1. The normalized spacial score (nSPS) is 22.8. The van der Waals surface area contributed by atoms with Crippen molar-refractivity contribution in [3.05, 3.63) is 29.8 Å². The number of fused-ring (bicyclic) bond motifs is 1. The number of likely N-dealkylation sites (tertiary alicyclic amines) is 1. The maximum absolute atomic E-state index is 13.4. The molecule has 0 saturated carbocycles. The highest BCUT2D eigenvalue weighted by Gasteiger charge is 2.30. The molecule has 1 saturated heterocycles. The standard InChI is InChI=1S/C31H49N5O5/c1-21(2)17-23-20-41-27-12-6-5-11-24(27)29(38)35-26(19-28(37)34-25(18-22(3)4)31(40)33-23)30(39)32-13-7-8-14-36-15-9-10-16-36/h5-6,11-12,21-23,25-26H,7-10,13-20H2,1-4H3,(H,32,39)(H,33,40)(H,34,37)(H,35,38)/t23-,25-,26+/m1/s1. The lowest BCUT2D eigenvalue weighted by Crippen LogP contribution is -2.54. The number of para-hydroxylation sites is 1. The molecule has 1 fully saturated rings. The topological polar surface area (TPSA) is 129 Å². The van der Waals surface area contributed by atoms with Gasteiger partial charge in [0, 0.05) is 6.54 Å². The number of hydrogen-bond acceptors (Lipinski definition) is 6. The van der Waals surface area contributed by atoms with Crippen molar-refractivity contribution >= 4 is 23.6 Å². The number of nitrogens with zero attached hydrogens (tertiary/aromatic N) is 1. The summed E-state index contributed by atoms with van der Waals surface area (Å²) < 4.78 is 6.06. The van der Waals surface area contributed by atoms with Gasteiger partial charge in [-0.2, -0.15) is 0 Å². The van der Waals surface area contributed by atoms with E-state index >= 15 is 0 Å². The number of benzene rings is 1. The molecule has 0 unspecified atom stereocenters. The molecule has 0 radical (unpaired) electrons. The van der Waals surface area contributed by atoms with Crippen molar-refractivity contribution in [3.8, 4) is 5.75 Å². The Hall–Kier alpha value is -3.14. The van der Waals surface area contributed by atoms with Gasteiger partial charge in [0.2, 0.25) is 17.7 Å². The lowest BCUT2D eigenvalue weighted by Gasteiger charge is -2.27. The summed E-state index contributed by atoms with van der Waals surface area (Å²) in [4.78, 5) is 55.5. The third-order valence-electron chi connectivity index (χ3n) is 7.44. The Kier molecular flexibility index (Phi) is 12.9. The number of nitrogens with one attached hydrogen (secondary N) is 4. The van der Waals surface area contributed by atoms with Gasteiger partial charge in [0.25, 0.3) is 5.91 Å². The van der Waals surface area contributed by atoms with Crippen molar-refractivity contribution in [1.29, 1.82) is 0 Å². The average molecular weight is 572 g/mol. The van der Waals surface area contributed by atoms with Crippen LogP contribution in [0.1, 0.15) is 83.0 Å². The van der Waals surface area contributed by atoms with E-state index in [1.807, 2.05) is 13.8 Å². The quantitative estimate of drug-likeness (QED) is 0.320. The second kappa shape index (κ2) is 16.3. The van der Waals surface area contributed by atoms with Gasteiger partial charge in [-0.1, -0.05) is 39.8 Å². The van der Waals surface area contributed by atoms with Crippen molar-refractivity contribution in [2.75, 3.05) is 32.8 Å². The van der Waals surface area contributed by atoms with Gasteiger partial charge < -0.3 is 30.9 Å². The monoisotopic (exact) mass is 571 g/mol. The van der Waals surface area contributed by atoms with Crippen molar-refractivity contribution < 1.29 is 23.9 Å². The summed E-state index contributed by atoms with van der Waals surface area (Å²) in [5, 5.41) is 11.5. The summed E-state index contributed by atoms with van der Waals surface area (Å²) in [5.41, 5.74) is 0.265. The first kappa shape index (κ1) is 32.4.